The van der Waals surface area contributed by atoms with Gasteiger partial charge in [0, 0.05) is 12.0 Å². The number of hydrogen-bond donors (Lipinski definition) is 4. The maximum Gasteiger partial charge on any atom is 0.218 e. The van der Waals surface area contributed by atoms with E-state index in [1.165, 1.54) is 18.2 Å². The van der Waals surface area contributed by atoms with Crippen LogP contribution in [-0.2, 0) is 16.7 Å². The zero-order valence-electron chi connectivity index (χ0n) is 14.0. The highest BCUT2D eigenvalue weighted by atomic mass is 32.2. The Kier molecular flexibility index (Phi) is 5.79. The largest absolute Gasteiger partial charge is 0.504 e. The van der Waals surface area contributed by atoms with Crippen molar-refractivity contribution in [1.29, 1.82) is 0 Å². The summed E-state index contributed by atoms with van der Waals surface area (Å²) in [5.74, 6) is -1.33. The van der Waals surface area contributed by atoms with Crippen LogP contribution in [-0.4, -0.2) is 33.7 Å². The first-order chi connectivity index (χ1) is 11.7. The summed E-state index contributed by atoms with van der Waals surface area (Å²) in [4.78, 5) is 0.0524. The minimum atomic E-state index is -2.48. The minimum absolute atomic E-state index is 0.0524. The summed E-state index contributed by atoms with van der Waals surface area (Å²) in [6, 6.07) is 4.68. The topological polar surface area (TPSA) is 115 Å². The van der Waals surface area contributed by atoms with Gasteiger partial charge in [0.05, 0.1) is 4.86 Å². The number of aliphatic hydroxyl groups is 2. The van der Waals surface area contributed by atoms with Gasteiger partial charge in [-0.05, 0) is 48.4 Å². The van der Waals surface area contributed by atoms with E-state index in [0.717, 1.165) is 11.6 Å². The zero-order chi connectivity index (χ0) is 18.7. The number of aliphatic hydroxyl groups excluding tert-OH is 2. The van der Waals surface area contributed by atoms with E-state index < -0.39 is 22.0 Å². The van der Waals surface area contributed by atoms with Crippen LogP contribution < -0.4 is 0 Å². The number of rotatable bonds is 5. The van der Waals surface area contributed by atoms with E-state index in [1.54, 1.807) is 6.07 Å². The van der Waals surface area contributed by atoms with Gasteiger partial charge in [0.1, 0.15) is 0 Å². The minimum Gasteiger partial charge on any atom is -0.504 e. The van der Waals surface area contributed by atoms with Crippen molar-refractivity contribution in [2.75, 3.05) is 0 Å². The second-order valence-electron chi connectivity index (χ2n) is 6.54. The van der Waals surface area contributed by atoms with Gasteiger partial charge in [-0.15, -0.1) is 0 Å². The van der Waals surface area contributed by atoms with Crippen molar-refractivity contribution in [3.63, 3.8) is 0 Å². The van der Waals surface area contributed by atoms with E-state index in [9.17, 15) is 28.8 Å². The molecule has 1 aliphatic rings. The van der Waals surface area contributed by atoms with Gasteiger partial charge in [0.15, 0.2) is 23.0 Å². The third-order valence-corrected chi connectivity index (χ3v) is 5.46. The third-order valence-electron chi connectivity index (χ3n) is 4.65. The molecule has 0 aromatic heterocycles. The molecule has 3 unspecified atom stereocenters. The molecular weight excluding hydrogens is 344 g/mol. The summed E-state index contributed by atoms with van der Waals surface area (Å²) in [6.07, 6.45) is 3.57. The molecule has 0 bridgehead atoms. The number of aromatic hydroxyl groups is 2. The van der Waals surface area contributed by atoms with E-state index in [2.05, 4.69) is 0 Å². The van der Waals surface area contributed by atoms with E-state index in [1.807, 2.05) is 13.8 Å². The lowest BCUT2D eigenvalue weighted by Gasteiger charge is -2.25. The molecule has 0 aliphatic heterocycles. The Hall–Kier alpha value is -2.41. The maximum absolute atomic E-state index is 11.4. The van der Waals surface area contributed by atoms with E-state index in [-0.39, 0.29) is 34.0 Å². The number of hydrogen-bond acceptors (Lipinski definition) is 6. The Labute approximate surface area is 147 Å². The van der Waals surface area contributed by atoms with Crippen LogP contribution >= 0.6 is 0 Å². The molecule has 1 aromatic carbocycles. The van der Waals surface area contributed by atoms with E-state index in [4.69, 9.17) is 0 Å². The van der Waals surface area contributed by atoms with Crippen molar-refractivity contribution < 1.29 is 28.8 Å². The Morgan fingerprint density at radius 3 is 2.28 bits per heavy atom. The van der Waals surface area contributed by atoms with Gasteiger partial charge in [-0.25, -0.2) is 0 Å². The quantitative estimate of drug-likeness (QED) is 0.470. The predicted octanol–water partition coefficient (Wildman–Crippen LogP) is 2.87. The number of allylic oxidation sites excluding steroid dienone is 2. The first-order valence-corrected chi connectivity index (χ1v) is 9.05. The van der Waals surface area contributed by atoms with Crippen molar-refractivity contribution in [3.8, 4) is 11.5 Å². The SMILES string of the molecule is CC(Cc1ccc(O)c(O)c1)C(C)CC1C=C(O)C(O)=CC1=S(=O)=O. The van der Waals surface area contributed by atoms with Crippen molar-refractivity contribution in [3.05, 3.63) is 47.4 Å². The molecule has 0 heterocycles. The van der Waals surface area contributed by atoms with Crippen LogP contribution in [0.1, 0.15) is 25.8 Å². The normalized spacial score (nSPS) is 19.8. The molecule has 2 rings (SSSR count). The summed E-state index contributed by atoms with van der Waals surface area (Å²) >= 11 is 0. The second kappa shape index (κ2) is 7.65. The van der Waals surface area contributed by atoms with Crippen molar-refractivity contribution in [2.45, 2.75) is 26.7 Å². The van der Waals surface area contributed by atoms with Crippen LogP contribution in [0.15, 0.2) is 41.9 Å². The fraction of sp³-hybridized carbons (Fsp3) is 0.389. The first kappa shape index (κ1) is 18.9. The molecule has 4 N–H and O–H groups in total. The van der Waals surface area contributed by atoms with E-state index >= 15 is 0 Å². The maximum atomic E-state index is 11.4. The van der Waals surface area contributed by atoms with Crippen LogP contribution in [0.2, 0.25) is 0 Å². The molecule has 0 amide bonds. The molecule has 1 aromatic rings. The Balaban J connectivity index is 2.11. The summed E-state index contributed by atoms with van der Waals surface area (Å²) < 4.78 is 22.7. The zero-order valence-corrected chi connectivity index (χ0v) is 14.9. The lowest BCUT2D eigenvalue weighted by molar-refractivity contribution is 0.312. The predicted molar refractivity (Wildman–Crippen MR) is 95.3 cm³/mol. The Morgan fingerprint density at radius 2 is 1.68 bits per heavy atom. The van der Waals surface area contributed by atoms with Crippen molar-refractivity contribution >= 4 is 15.2 Å². The van der Waals surface area contributed by atoms with Crippen molar-refractivity contribution in [2.24, 2.45) is 17.8 Å². The molecule has 0 fully saturated rings. The summed E-state index contributed by atoms with van der Waals surface area (Å²) in [6.45, 7) is 4.00. The molecule has 7 heteroatoms. The molecule has 136 valence electrons. The molecular formula is C18H22O6S. The summed E-state index contributed by atoms with van der Waals surface area (Å²) in [5.41, 5.74) is 0.867. The van der Waals surface area contributed by atoms with E-state index in [0.29, 0.717) is 12.8 Å². The molecule has 25 heavy (non-hydrogen) atoms. The second-order valence-corrected chi connectivity index (χ2v) is 7.48. The molecule has 3 atom stereocenters. The lowest BCUT2D eigenvalue weighted by Crippen LogP contribution is -2.22. The summed E-state index contributed by atoms with van der Waals surface area (Å²) in [7, 11) is -2.48. The third kappa shape index (κ3) is 4.57. The molecule has 0 radical (unpaired) electrons. The Morgan fingerprint density at radius 1 is 1.00 bits per heavy atom. The highest BCUT2D eigenvalue weighted by molar-refractivity contribution is 7.73. The van der Waals surface area contributed by atoms with Gasteiger partial charge in [0.25, 0.3) is 0 Å². The molecule has 6 nitrogen and oxygen atoms in total. The Bertz CT molecular complexity index is 842. The van der Waals surface area contributed by atoms with Gasteiger partial charge in [0.2, 0.25) is 10.3 Å². The van der Waals surface area contributed by atoms with Gasteiger partial charge < -0.3 is 20.4 Å². The summed E-state index contributed by atoms with van der Waals surface area (Å²) in [5, 5.41) is 38.1. The number of phenols is 2. The monoisotopic (exact) mass is 366 g/mol. The average Bonchev–Trinajstić information content (AvgIpc) is 2.53. The van der Waals surface area contributed by atoms with Crippen LogP contribution in [0.3, 0.4) is 0 Å². The molecule has 0 saturated carbocycles. The highest BCUT2D eigenvalue weighted by Crippen LogP contribution is 2.31. The van der Waals surface area contributed by atoms with Crippen LogP contribution in [0.4, 0.5) is 0 Å². The fourth-order valence-electron chi connectivity index (χ4n) is 2.93. The van der Waals surface area contributed by atoms with Gasteiger partial charge in [-0.2, -0.15) is 8.42 Å². The van der Waals surface area contributed by atoms with Crippen molar-refractivity contribution in [1.82, 2.24) is 0 Å². The smallest absolute Gasteiger partial charge is 0.218 e. The van der Waals surface area contributed by atoms with Gasteiger partial charge in [-0.3, -0.25) is 0 Å². The molecule has 0 saturated heterocycles. The average molecular weight is 366 g/mol. The van der Waals surface area contributed by atoms with Gasteiger partial charge >= 0.3 is 0 Å². The molecule has 0 spiro atoms. The first-order valence-electron chi connectivity index (χ1n) is 7.97. The van der Waals surface area contributed by atoms with Crippen LogP contribution in [0.25, 0.3) is 0 Å². The fourth-order valence-corrected chi connectivity index (χ4v) is 3.55. The molecule has 1 aliphatic carbocycles. The number of phenolic OH excluding ortho intramolecular Hbond substituents is 2. The van der Waals surface area contributed by atoms with Crippen LogP contribution in [0.5, 0.6) is 11.5 Å². The van der Waals surface area contributed by atoms with Gasteiger partial charge in [-0.1, -0.05) is 19.9 Å². The standard InChI is InChI=1S/C18H22O6S/c1-10(5-12-3-4-14(19)15(20)7-12)11(2)6-13-8-16(21)17(22)9-18(13)25(23)24/h3-4,7-11,13,19-22H,5-6H2,1-2H3. The number of benzene rings is 1. The lowest BCUT2D eigenvalue weighted by atomic mass is 9.81. The highest BCUT2D eigenvalue weighted by Gasteiger charge is 2.26. The van der Waals surface area contributed by atoms with Crippen LogP contribution in [0, 0.1) is 17.8 Å².